The first-order chi connectivity index (χ1) is 11.2. The summed E-state index contributed by atoms with van der Waals surface area (Å²) in [5, 5.41) is 2.76. The summed E-state index contributed by atoms with van der Waals surface area (Å²) in [5.74, 6) is 0.863. The van der Waals surface area contributed by atoms with E-state index in [1.165, 1.54) is 0 Å². The first-order valence-electron chi connectivity index (χ1n) is 8.02. The quantitative estimate of drug-likeness (QED) is 0.412. The Kier molecular flexibility index (Phi) is 6.67. The zero-order valence-corrected chi connectivity index (χ0v) is 14.1. The van der Waals surface area contributed by atoms with Crippen molar-refractivity contribution < 1.29 is 14.3 Å². The molecule has 0 atom stereocenters. The predicted molar refractivity (Wildman–Crippen MR) is 89.6 cm³/mol. The number of carbonyl (C=O) groups excluding carboxylic acids is 1. The summed E-state index contributed by atoms with van der Waals surface area (Å²) in [6.07, 6.45) is 5.13. The summed E-state index contributed by atoms with van der Waals surface area (Å²) in [5.41, 5.74) is 1.84. The van der Waals surface area contributed by atoms with E-state index in [1.54, 1.807) is 13.2 Å². The van der Waals surface area contributed by atoms with Gasteiger partial charge in [-0.2, -0.15) is 0 Å². The monoisotopic (exact) mass is 321 g/mol. The van der Waals surface area contributed by atoms with Gasteiger partial charge in [0.25, 0.3) is 0 Å². The van der Waals surface area contributed by atoms with Crippen molar-refractivity contribution in [1.82, 2.24) is 15.1 Å². The van der Waals surface area contributed by atoms with E-state index in [4.69, 9.17) is 9.47 Å². The van der Waals surface area contributed by atoms with Crippen LogP contribution in [0, 0.1) is 0 Å². The highest BCUT2D eigenvalue weighted by atomic mass is 16.5. The highest BCUT2D eigenvalue weighted by Crippen LogP contribution is 2.20. The van der Waals surface area contributed by atoms with Gasteiger partial charge in [-0.1, -0.05) is 6.58 Å². The standard InChI is InChI=1S/C17H27N3O3/c1-4-16(18-13-21)17(6-5-14(2)22-3)20-9-7-19(8-10-20)15-11-23-12-15/h4-5,13,15H,1,6-12H2,2-3H3,(H,18,21)/b14-5-,17-16-. The Morgan fingerprint density at radius 2 is 2.04 bits per heavy atom. The third-order valence-electron chi connectivity index (χ3n) is 4.47. The molecule has 2 heterocycles. The van der Waals surface area contributed by atoms with Gasteiger partial charge in [0.05, 0.1) is 37.8 Å². The molecule has 0 aromatic carbocycles. The lowest BCUT2D eigenvalue weighted by Gasteiger charge is -2.44. The van der Waals surface area contributed by atoms with Crippen LogP contribution in [0.2, 0.25) is 0 Å². The van der Waals surface area contributed by atoms with Crippen molar-refractivity contribution in [3.63, 3.8) is 0 Å². The number of methoxy groups -OCH3 is 1. The van der Waals surface area contributed by atoms with Gasteiger partial charge in [0.2, 0.25) is 6.41 Å². The average molecular weight is 321 g/mol. The minimum atomic E-state index is 0.576. The van der Waals surface area contributed by atoms with E-state index in [1.807, 2.05) is 13.0 Å². The first-order valence-corrected chi connectivity index (χ1v) is 8.02. The molecular formula is C17H27N3O3. The number of nitrogens with one attached hydrogen (secondary N) is 1. The number of nitrogens with zero attached hydrogens (tertiary/aromatic N) is 2. The highest BCUT2D eigenvalue weighted by molar-refractivity contribution is 5.52. The summed E-state index contributed by atoms with van der Waals surface area (Å²) in [6, 6.07) is 0.576. The first kappa shape index (κ1) is 17.6. The lowest BCUT2D eigenvalue weighted by molar-refractivity contribution is -0.108. The fourth-order valence-electron chi connectivity index (χ4n) is 2.85. The van der Waals surface area contributed by atoms with Gasteiger partial charge in [0.1, 0.15) is 0 Å². The van der Waals surface area contributed by atoms with Gasteiger partial charge in [-0.25, -0.2) is 0 Å². The van der Waals surface area contributed by atoms with Crippen LogP contribution < -0.4 is 5.32 Å². The van der Waals surface area contributed by atoms with Crippen molar-refractivity contribution in [3.05, 3.63) is 35.9 Å². The Morgan fingerprint density at radius 1 is 1.35 bits per heavy atom. The van der Waals surface area contributed by atoms with Crippen molar-refractivity contribution in [2.24, 2.45) is 0 Å². The Balaban J connectivity index is 2.07. The number of carbonyl (C=O) groups is 1. The molecule has 2 saturated heterocycles. The second-order valence-electron chi connectivity index (χ2n) is 5.76. The minimum absolute atomic E-state index is 0.576. The second-order valence-corrected chi connectivity index (χ2v) is 5.76. The Labute approximate surface area is 138 Å². The van der Waals surface area contributed by atoms with E-state index >= 15 is 0 Å². The molecule has 1 N–H and O–H groups in total. The lowest BCUT2D eigenvalue weighted by atomic mass is 10.1. The lowest BCUT2D eigenvalue weighted by Crippen LogP contribution is -2.56. The maximum Gasteiger partial charge on any atom is 0.211 e. The molecule has 2 fully saturated rings. The summed E-state index contributed by atoms with van der Waals surface area (Å²) in [4.78, 5) is 15.7. The third kappa shape index (κ3) is 4.59. The number of ether oxygens (including phenoxy) is 2. The smallest absolute Gasteiger partial charge is 0.211 e. The topological polar surface area (TPSA) is 54.0 Å². The minimum Gasteiger partial charge on any atom is -0.502 e. The van der Waals surface area contributed by atoms with Gasteiger partial charge in [-0.15, -0.1) is 0 Å². The van der Waals surface area contributed by atoms with Crippen LogP contribution in [0.3, 0.4) is 0 Å². The zero-order valence-electron chi connectivity index (χ0n) is 14.1. The normalized spacial score (nSPS) is 21.3. The van der Waals surface area contributed by atoms with Crippen LogP contribution in [-0.2, 0) is 14.3 Å². The van der Waals surface area contributed by atoms with Gasteiger partial charge in [0.15, 0.2) is 0 Å². The van der Waals surface area contributed by atoms with Crippen molar-refractivity contribution in [2.75, 3.05) is 46.5 Å². The molecular weight excluding hydrogens is 294 g/mol. The van der Waals surface area contributed by atoms with Crippen LogP contribution in [0.25, 0.3) is 0 Å². The summed E-state index contributed by atoms with van der Waals surface area (Å²) >= 11 is 0. The van der Waals surface area contributed by atoms with E-state index in [-0.39, 0.29) is 0 Å². The fourth-order valence-corrected chi connectivity index (χ4v) is 2.85. The van der Waals surface area contributed by atoms with E-state index in [9.17, 15) is 4.79 Å². The van der Waals surface area contributed by atoms with Crippen LogP contribution in [0.15, 0.2) is 35.9 Å². The molecule has 0 aromatic heterocycles. The number of hydrogen-bond donors (Lipinski definition) is 1. The van der Waals surface area contributed by atoms with Crippen LogP contribution in [0.1, 0.15) is 13.3 Å². The molecule has 0 spiro atoms. The summed E-state index contributed by atoms with van der Waals surface area (Å²) in [7, 11) is 1.66. The second kappa shape index (κ2) is 8.74. The van der Waals surface area contributed by atoms with Gasteiger partial charge < -0.3 is 19.7 Å². The van der Waals surface area contributed by atoms with E-state index in [2.05, 4.69) is 21.7 Å². The van der Waals surface area contributed by atoms with Crippen molar-refractivity contribution in [3.8, 4) is 0 Å². The molecule has 0 aromatic rings. The third-order valence-corrected chi connectivity index (χ3v) is 4.47. The van der Waals surface area contributed by atoms with Gasteiger partial charge in [-0.05, 0) is 19.1 Å². The number of hydrogen-bond acceptors (Lipinski definition) is 5. The highest BCUT2D eigenvalue weighted by Gasteiger charge is 2.29. The maximum absolute atomic E-state index is 10.9. The SMILES string of the molecule is C=C/C(NC=O)=C(\C/C=C(/C)OC)N1CCN(C2COC2)CC1. The van der Waals surface area contributed by atoms with E-state index in [0.717, 1.165) is 56.5 Å². The molecule has 0 unspecified atom stereocenters. The van der Waals surface area contributed by atoms with Crippen LogP contribution in [0.5, 0.6) is 0 Å². The molecule has 2 aliphatic heterocycles. The maximum atomic E-state index is 10.9. The van der Waals surface area contributed by atoms with Gasteiger partial charge >= 0.3 is 0 Å². The van der Waals surface area contributed by atoms with Gasteiger partial charge in [-0.3, -0.25) is 9.69 Å². The predicted octanol–water partition coefficient (Wildman–Crippen LogP) is 1.09. The largest absolute Gasteiger partial charge is 0.502 e. The van der Waals surface area contributed by atoms with Crippen LogP contribution in [0.4, 0.5) is 0 Å². The Hall–Kier alpha value is -1.79. The van der Waals surface area contributed by atoms with Crippen molar-refractivity contribution in [2.45, 2.75) is 19.4 Å². The molecule has 6 nitrogen and oxygen atoms in total. The fraction of sp³-hybridized carbons (Fsp3) is 0.588. The molecule has 128 valence electrons. The molecule has 0 bridgehead atoms. The van der Waals surface area contributed by atoms with Crippen LogP contribution >= 0.6 is 0 Å². The summed E-state index contributed by atoms with van der Waals surface area (Å²) in [6.45, 7) is 11.3. The number of amides is 1. The van der Waals surface area contributed by atoms with Crippen LogP contribution in [-0.4, -0.2) is 68.8 Å². The molecule has 0 saturated carbocycles. The van der Waals surface area contributed by atoms with Crippen molar-refractivity contribution >= 4 is 6.41 Å². The number of allylic oxidation sites excluding steroid dienone is 3. The molecule has 1 amide bonds. The zero-order chi connectivity index (χ0) is 16.7. The van der Waals surface area contributed by atoms with Crippen molar-refractivity contribution in [1.29, 1.82) is 0 Å². The molecule has 0 aliphatic carbocycles. The average Bonchev–Trinajstić information content (AvgIpc) is 2.53. The molecule has 6 heteroatoms. The van der Waals surface area contributed by atoms with Gasteiger partial charge in [0, 0.05) is 38.3 Å². The molecule has 2 rings (SSSR count). The molecule has 0 radical (unpaired) electrons. The number of piperazine rings is 1. The van der Waals surface area contributed by atoms with E-state index in [0.29, 0.717) is 18.9 Å². The Morgan fingerprint density at radius 3 is 2.52 bits per heavy atom. The molecule has 23 heavy (non-hydrogen) atoms. The van der Waals surface area contributed by atoms with E-state index < -0.39 is 0 Å². The molecule has 2 aliphatic rings. The summed E-state index contributed by atoms with van der Waals surface area (Å²) < 4.78 is 10.5. The Bertz CT molecular complexity index is 475. The number of rotatable bonds is 8.